The zero-order valence-corrected chi connectivity index (χ0v) is 11.0. The van der Waals surface area contributed by atoms with Crippen LogP contribution in [0, 0.1) is 0 Å². The lowest BCUT2D eigenvalue weighted by atomic mass is 10.2. The van der Waals surface area contributed by atoms with Crippen molar-refractivity contribution in [3.05, 3.63) is 52.1 Å². The fourth-order valence-electron chi connectivity index (χ4n) is 1.35. The topological polar surface area (TPSA) is 39.2 Å². The Kier molecular flexibility index (Phi) is 3.84. The molecule has 3 nitrogen and oxygen atoms in total. The SMILES string of the molecule is CC(=O)c1ccnc(Oc2cc(Cl)ccc2Cl)c1. The fraction of sp³-hybridized carbons (Fsp3) is 0.0769. The zero-order chi connectivity index (χ0) is 13.1. The molecule has 5 heteroatoms. The van der Waals surface area contributed by atoms with Crippen LogP contribution < -0.4 is 4.74 Å². The summed E-state index contributed by atoms with van der Waals surface area (Å²) in [7, 11) is 0. The van der Waals surface area contributed by atoms with Gasteiger partial charge < -0.3 is 4.74 Å². The van der Waals surface area contributed by atoms with Gasteiger partial charge in [0.25, 0.3) is 0 Å². The Balaban J connectivity index is 2.31. The number of hydrogen-bond donors (Lipinski definition) is 0. The number of carbonyl (C=O) groups excluding carboxylic acids is 1. The van der Waals surface area contributed by atoms with Crippen LogP contribution in [-0.4, -0.2) is 10.8 Å². The van der Waals surface area contributed by atoms with Gasteiger partial charge in [-0.3, -0.25) is 4.79 Å². The number of nitrogens with zero attached hydrogens (tertiary/aromatic N) is 1. The number of halogens is 2. The molecule has 0 aliphatic heterocycles. The van der Waals surface area contributed by atoms with E-state index >= 15 is 0 Å². The van der Waals surface area contributed by atoms with Gasteiger partial charge in [-0.2, -0.15) is 0 Å². The average Bonchev–Trinajstić information content (AvgIpc) is 2.34. The van der Waals surface area contributed by atoms with E-state index in [0.29, 0.717) is 27.2 Å². The minimum atomic E-state index is -0.0561. The Hall–Kier alpha value is -1.58. The summed E-state index contributed by atoms with van der Waals surface area (Å²) in [5, 5.41) is 0.937. The Labute approximate surface area is 114 Å². The minimum absolute atomic E-state index is 0.0561. The molecule has 1 aromatic carbocycles. The van der Waals surface area contributed by atoms with Crippen LogP contribution in [0.4, 0.5) is 0 Å². The predicted octanol–water partition coefficient (Wildman–Crippen LogP) is 4.38. The lowest BCUT2D eigenvalue weighted by Gasteiger charge is -2.07. The maximum Gasteiger partial charge on any atom is 0.219 e. The molecule has 0 aliphatic rings. The Morgan fingerprint density at radius 3 is 2.72 bits per heavy atom. The van der Waals surface area contributed by atoms with Crippen molar-refractivity contribution in [2.45, 2.75) is 6.92 Å². The second-order valence-corrected chi connectivity index (χ2v) is 4.46. The van der Waals surface area contributed by atoms with Crippen molar-refractivity contribution in [3.63, 3.8) is 0 Å². The summed E-state index contributed by atoms with van der Waals surface area (Å²) in [4.78, 5) is 15.3. The van der Waals surface area contributed by atoms with Gasteiger partial charge in [-0.25, -0.2) is 4.98 Å². The van der Waals surface area contributed by atoms with Gasteiger partial charge in [-0.1, -0.05) is 23.2 Å². The zero-order valence-electron chi connectivity index (χ0n) is 9.48. The summed E-state index contributed by atoms with van der Waals surface area (Å²) in [6.45, 7) is 1.48. The number of hydrogen-bond acceptors (Lipinski definition) is 3. The van der Waals surface area contributed by atoms with Crippen LogP contribution in [0.25, 0.3) is 0 Å². The second kappa shape index (κ2) is 5.38. The molecule has 0 saturated heterocycles. The highest BCUT2D eigenvalue weighted by atomic mass is 35.5. The van der Waals surface area contributed by atoms with E-state index in [-0.39, 0.29) is 5.78 Å². The van der Waals surface area contributed by atoms with Crippen LogP contribution in [0.3, 0.4) is 0 Å². The van der Waals surface area contributed by atoms with Gasteiger partial charge in [-0.15, -0.1) is 0 Å². The third-order valence-corrected chi connectivity index (χ3v) is 2.80. The van der Waals surface area contributed by atoms with Crippen LogP contribution in [0.1, 0.15) is 17.3 Å². The molecule has 0 atom stereocenters. The maximum atomic E-state index is 11.2. The fourth-order valence-corrected chi connectivity index (χ4v) is 1.67. The van der Waals surface area contributed by atoms with Gasteiger partial charge in [0, 0.05) is 28.9 Å². The van der Waals surface area contributed by atoms with Gasteiger partial charge >= 0.3 is 0 Å². The highest BCUT2D eigenvalue weighted by molar-refractivity contribution is 6.34. The first-order valence-electron chi connectivity index (χ1n) is 5.16. The molecule has 0 saturated carbocycles. The number of carbonyl (C=O) groups is 1. The van der Waals surface area contributed by atoms with Crippen molar-refractivity contribution in [2.24, 2.45) is 0 Å². The number of ketones is 1. The molecule has 0 aliphatic carbocycles. The second-order valence-electron chi connectivity index (χ2n) is 3.62. The van der Waals surface area contributed by atoms with Crippen molar-refractivity contribution in [1.29, 1.82) is 0 Å². The number of pyridine rings is 1. The molecular weight excluding hydrogens is 273 g/mol. The Bertz CT molecular complexity index is 599. The van der Waals surface area contributed by atoms with Crippen LogP contribution >= 0.6 is 23.2 Å². The molecule has 0 unspecified atom stereocenters. The molecule has 0 radical (unpaired) electrons. The molecule has 0 N–H and O–H groups in total. The van der Waals surface area contributed by atoms with E-state index in [0.717, 1.165) is 0 Å². The van der Waals surface area contributed by atoms with Crippen molar-refractivity contribution in [3.8, 4) is 11.6 Å². The lowest BCUT2D eigenvalue weighted by molar-refractivity contribution is 0.101. The Morgan fingerprint density at radius 1 is 1.22 bits per heavy atom. The van der Waals surface area contributed by atoms with Crippen LogP contribution in [0.2, 0.25) is 10.0 Å². The predicted molar refractivity (Wildman–Crippen MR) is 70.8 cm³/mol. The van der Waals surface area contributed by atoms with Crippen LogP contribution in [0.15, 0.2) is 36.5 Å². The third-order valence-electron chi connectivity index (χ3n) is 2.25. The summed E-state index contributed by atoms with van der Waals surface area (Å²) in [6.07, 6.45) is 1.50. The molecule has 1 heterocycles. The number of ether oxygens (including phenoxy) is 1. The van der Waals surface area contributed by atoms with Crippen molar-refractivity contribution in [2.75, 3.05) is 0 Å². The molecule has 2 aromatic rings. The Morgan fingerprint density at radius 2 is 2.00 bits per heavy atom. The van der Waals surface area contributed by atoms with Crippen LogP contribution in [-0.2, 0) is 0 Å². The summed E-state index contributed by atoms with van der Waals surface area (Å²) < 4.78 is 5.50. The van der Waals surface area contributed by atoms with E-state index in [9.17, 15) is 4.79 Å². The third kappa shape index (κ3) is 3.00. The quantitative estimate of drug-likeness (QED) is 0.784. The minimum Gasteiger partial charge on any atom is -0.437 e. The molecule has 1 aromatic heterocycles. The number of Topliss-reactive ketones (excluding diaryl/α,β-unsaturated/α-hetero) is 1. The molecule has 0 bridgehead atoms. The van der Waals surface area contributed by atoms with Crippen LogP contribution in [0.5, 0.6) is 11.6 Å². The van der Waals surface area contributed by atoms with Gasteiger partial charge in [0.1, 0.15) is 5.75 Å². The van der Waals surface area contributed by atoms with E-state index in [1.165, 1.54) is 13.1 Å². The van der Waals surface area contributed by atoms with Crippen molar-refractivity contribution < 1.29 is 9.53 Å². The normalized spacial score (nSPS) is 10.2. The first-order chi connectivity index (χ1) is 8.56. The molecular formula is C13H9Cl2NO2. The van der Waals surface area contributed by atoms with Crippen molar-refractivity contribution in [1.82, 2.24) is 4.98 Å². The van der Waals surface area contributed by atoms with E-state index in [1.807, 2.05) is 0 Å². The summed E-state index contributed by atoms with van der Waals surface area (Å²) >= 11 is 11.8. The van der Waals surface area contributed by atoms with Gasteiger partial charge in [0.15, 0.2) is 5.78 Å². The molecule has 92 valence electrons. The van der Waals surface area contributed by atoms with Gasteiger partial charge in [0.05, 0.1) is 5.02 Å². The van der Waals surface area contributed by atoms with Gasteiger partial charge in [-0.05, 0) is 25.1 Å². The highest BCUT2D eigenvalue weighted by Gasteiger charge is 2.07. The van der Waals surface area contributed by atoms with Gasteiger partial charge in [0.2, 0.25) is 5.88 Å². The molecule has 0 amide bonds. The van der Waals surface area contributed by atoms with E-state index in [2.05, 4.69) is 4.98 Å². The van der Waals surface area contributed by atoms with E-state index < -0.39 is 0 Å². The van der Waals surface area contributed by atoms with Crippen molar-refractivity contribution >= 4 is 29.0 Å². The average molecular weight is 282 g/mol. The standard InChI is InChI=1S/C13H9Cl2NO2/c1-8(17)9-4-5-16-13(6-9)18-12-7-10(14)2-3-11(12)15/h2-7H,1H3. The number of aromatic nitrogens is 1. The van der Waals surface area contributed by atoms with E-state index in [4.69, 9.17) is 27.9 Å². The summed E-state index contributed by atoms with van der Waals surface area (Å²) in [5.41, 5.74) is 0.526. The smallest absolute Gasteiger partial charge is 0.219 e. The molecule has 0 spiro atoms. The largest absolute Gasteiger partial charge is 0.437 e. The molecule has 18 heavy (non-hydrogen) atoms. The maximum absolute atomic E-state index is 11.2. The summed E-state index contributed by atoms with van der Waals surface area (Å²) in [6, 6.07) is 8.06. The first kappa shape index (κ1) is 12.9. The number of rotatable bonds is 3. The van der Waals surface area contributed by atoms with E-state index in [1.54, 1.807) is 30.3 Å². The molecule has 0 fully saturated rings. The highest BCUT2D eigenvalue weighted by Crippen LogP contribution is 2.31. The summed E-state index contributed by atoms with van der Waals surface area (Å²) in [5.74, 6) is 0.642. The first-order valence-corrected chi connectivity index (χ1v) is 5.92. The molecule has 2 rings (SSSR count). The lowest BCUT2D eigenvalue weighted by Crippen LogP contribution is -1.95. The number of benzene rings is 1. The monoisotopic (exact) mass is 281 g/mol.